The Kier molecular flexibility index (Phi) is 9.09. The van der Waals surface area contributed by atoms with E-state index in [0.717, 1.165) is 18.4 Å². The number of halogens is 3. The number of benzene rings is 1. The third-order valence-corrected chi connectivity index (χ3v) is 4.56. The molecule has 5 nitrogen and oxygen atoms in total. The molecule has 2 rings (SSSR count). The van der Waals surface area contributed by atoms with Gasteiger partial charge >= 0.3 is 0 Å². The average Bonchev–Trinajstić information content (AvgIpc) is 3.38. The highest BCUT2D eigenvalue weighted by Gasteiger charge is 2.29. The molecule has 0 atom stereocenters. The Morgan fingerprint density at radius 2 is 1.92 bits per heavy atom. The van der Waals surface area contributed by atoms with E-state index in [1.165, 1.54) is 12.1 Å². The van der Waals surface area contributed by atoms with Crippen molar-refractivity contribution in [1.82, 2.24) is 16.0 Å². The van der Waals surface area contributed by atoms with E-state index in [2.05, 4.69) is 20.9 Å². The Morgan fingerprint density at radius 3 is 2.50 bits per heavy atom. The van der Waals surface area contributed by atoms with Gasteiger partial charge in [0.05, 0.1) is 0 Å². The molecule has 0 radical (unpaired) electrons. The summed E-state index contributed by atoms with van der Waals surface area (Å²) in [7, 11) is 1.69. The number of aliphatic imine (C=N–C) groups is 1. The minimum absolute atomic E-state index is 0. The molecule has 1 aliphatic rings. The van der Waals surface area contributed by atoms with Gasteiger partial charge in [0.15, 0.2) is 5.96 Å². The fraction of sp³-hybridized carbons (Fsp3) is 0.556. The number of carbonyl (C=O) groups excluding carboxylic acids is 1. The van der Waals surface area contributed by atoms with Crippen molar-refractivity contribution in [2.75, 3.05) is 26.7 Å². The van der Waals surface area contributed by atoms with Crippen molar-refractivity contribution >= 4 is 47.4 Å². The number of rotatable bonds is 7. The lowest BCUT2D eigenvalue weighted by Crippen LogP contribution is -2.45. The van der Waals surface area contributed by atoms with Crippen LogP contribution in [0, 0.1) is 11.7 Å². The summed E-state index contributed by atoms with van der Waals surface area (Å²) in [5.74, 6) is 0.658. The van der Waals surface area contributed by atoms with E-state index in [1.54, 1.807) is 13.1 Å². The molecule has 0 aliphatic heterocycles. The second kappa shape index (κ2) is 10.3. The van der Waals surface area contributed by atoms with Crippen LogP contribution in [-0.4, -0.2) is 38.5 Å². The van der Waals surface area contributed by atoms with Gasteiger partial charge < -0.3 is 16.0 Å². The standard InChI is InChI=1S/C18H26ClFN4O.HI/c1-18(2,14-7-6-13(20)10-15(14)19)11-24-17(21-3)23-9-8-22-16(25)12-4-5-12;/h6-7,10,12H,4-5,8-9,11H2,1-3H3,(H,22,25)(H2,21,23,24);1H. The van der Waals surface area contributed by atoms with Crippen LogP contribution < -0.4 is 16.0 Å². The SMILES string of the molecule is CN=C(NCCNC(=O)C1CC1)NCC(C)(C)c1ccc(F)cc1Cl.I. The summed E-state index contributed by atoms with van der Waals surface area (Å²) in [5, 5.41) is 9.72. The first-order valence-corrected chi connectivity index (χ1v) is 8.89. The molecule has 1 aromatic rings. The van der Waals surface area contributed by atoms with Crippen LogP contribution in [0.4, 0.5) is 4.39 Å². The lowest BCUT2D eigenvalue weighted by molar-refractivity contribution is -0.122. The first-order valence-electron chi connectivity index (χ1n) is 8.51. The van der Waals surface area contributed by atoms with Gasteiger partial charge in [-0.1, -0.05) is 31.5 Å². The van der Waals surface area contributed by atoms with Crippen LogP contribution in [0.2, 0.25) is 5.02 Å². The largest absolute Gasteiger partial charge is 0.356 e. The van der Waals surface area contributed by atoms with Crippen molar-refractivity contribution in [3.8, 4) is 0 Å². The van der Waals surface area contributed by atoms with Crippen molar-refractivity contribution in [2.45, 2.75) is 32.1 Å². The summed E-state index contributed by atoms with van der Waals surface area (Å²) in [5.41, 5.74) is 0.568. The summed E-state index contributed by atoms with van der Waals surface area (Å²) >= 11 is 6.17. The Morgan fingerprint density at radius 1 is 1.27 bits per heavy atom. The van der Waals surface area contributed by atoms with E-state index in [9.17, 15) is 9.18 Å². The first kappa shape index (κ1) is 23.0. The maximum absolute atomic E-state index is 13.2. The van der Waals surface area contributed by atoms with E-state index < -0.39 is 0 Å². The third kappa shape index (κ3) is 6.90. The van der Waals surface area contributed by atoms with Gasteiger partial charge in [-0.05, 0) is 30.5 Å². The van der Waals surface area contributed by atoms with E-state index >= 15 is 0 Å². The zero-order valence-electron chi connectivity index (χ0n) is 15.4. The van der Waals surface area contributed by atoms with Gasteiger partial charge in [-0.2, -0.15) is 0 Å². The summed E-state index contributed by atoms with van der Waals surface area (Å²) < 4.78 is 13.2. The molecule has 1 fully saturated rings. The Hall–Kier alpha value is -1.09. The topological polar surface area (TPSA) is 65.5 Å². The zero-order chi connectivity index (χ0) is 18.4. The number of carbonyl (C=O) groups is 1. The van der Waals surface area contributed by atoms with Crippen molar-refractivity contribution in [3.63, 3.8) is 0 Å². The fourth-order valence-corrected chi connectivity index (χ4v) is 2.94. The smallest absolute Gasteiger partial charge is 0.223 e. The van der Waals surface area contributed by atoms with Crippen molar-refractivity contribution in [1.29, 1.82) is 0 Å². The molecule has 26 heavy (non-hydrogen) atoms. The lowest BCUT2D eigenvalue weighted by atomic mass is 9.84. The van der Waals surface area contributed by atoms with Crippen LogP contribution in [0.1, 0.15) is 32.3 Å². The van der Waals surface area contributed by atoms with Gasteiger partial charge in [0.2, 0.25) is 5.91 Å². The molecule has 0 unspecified atom stereocenters. The van der Waals surface area contributed by atoms with Crippen LogP contribution in [0.25, 0.3) is 0 Å². The van der Waals surface area contributed by atoms with Crippen molar-refractivity contribution in [3.05, 3.63) is 34.6 Å². The monoisotopic (exact) mass is 496 g/mol. The van der Waals surface area contributed by atoms with Crippen LogP contribution in [0.3, 0.4) is 0 Å². The predicted octanol–water partition coefficient (Wildman–Crippen LogP) is 3.07. The Bertz CT molecular complexity index is 650. The number of amides is 1. The summed E-state index contributed by atoms with van der Waals surface area (Å²) in [6.07, 6.45) is 2.01. The maximum Gasteiger partial charge on any atom is 0.223 e. The Balaban J connectivity index is 0.00000338. The molecule has 0 heterocycles. The second-order valence-corrected chi connectivity index (χ2v) is 7.33. The van der Waals surface area contributed by atoms with Crippen LogP contribution >= 0.6 is 35.6 Å². The van der Waals surface area contributed by atoms with E-state index in [0.29, 0.717) is 30.6 Å². The molecule has 0 spiro atoms. The van der Waals surface area contributed by atoms with E-state index in [-0.39, 0.29) is 47.0 Å². The van der Waals surface area contributed by atoms with Crippen molar-refractivity contribution in [2.24, 2.45) is 10.9 Å². The molecule has 8 heteroatoms. The van der Waals surface area contributed by atoms with Gasteiger partial charge in [0, 0.05) is 43.0 Å². The molecular formula is C18H27ClFIN4O. The summed E-state index contributed by atoms with van der Waals surface area (Å²) in [6.45, 7) is 5.79. The van der Waals surface area contributed by atoms with Crippen LogP contribution in [-0.2, 0) is 10.2 Å². The summed E-state index contributed by atoms with van der Waals surface area (Å²) in [6, 6.07) is 4.45. The highest BCUT2D eigenvalue weighted by atomic mass is 127. The number of guanidine groups is 1. The van der Waals surface area contributed by atoms with Gasteiger partial charge in [-0.25, -0.2) is 4.39 Å². The highest BCUT2D eigenvalue weighted by molar-refractivity contribution is 14.0. The Labute approximate surface area is 176 Å². The fourth-order valence-electron chi connectivity index (χ4n) is 2.52. The zero-order valence-corrected chi connectivity index (χ0v) is 18.5. The minimum Gasteiger partial charge on any atom is -0.356 e. The second-order valence-electron chi connectivity index (χ2n) is 6.93. The number of nitrogens with zero attached hydrogens (tertiary/aromatic N) is 1. The normalized spacial score (nSPS) is 14.4. The van der Waals surface area contributed by atoms with Gasteiger partial charge in [0.25, 0.3) is 0 Å². The number of hydrogen-bond acceptors (Lipinski definition) is 2. The molecular weight excluding hydrogens is 470 g/mol. The van der Waals surface area contributed by atoms with Crippen LogP contribution in [0.15, 0.2) is 23.2 Å². The quantitative estimate of drug-likeness (QED) is 0.235. The van der Waals surface area contributed by atoms with Crippen LogP contribution in [0.5, 0.6) is 0 Å². The molecule has 3 N–H and O–H groups in total. The predicted molar refractivity (Wildman–Crippen MR) is 115 cm³/mol. The average molecular weight is 497 g/mol. The molecule has 1 aliphatic carbocycles. The molecule has 0 saturated heterocycles. The lowest BCUT2D eigenvalue weighted by Gasteiger charge is -2.27. The molecule has 146 valence electrons. The van der Waals surface area contributed by atoms with E-state index in [4.69, 9.17) is 11.6 Å². The maximum atomic E-state index is 13.2. The summed E-state index contributed by atoms with van der Waals surface area (Å²) in [4.78, 5) is 15.7. The number of nitrogens with one attached hydrogen (secondary N) is 3. The molecule has 1 aromatic carbocycles. The van der Waals surface area contributed by atoms with Gasteiger partial charge in [-0.15, -0.1) is 24.0 Å². The highest BCUT2D eigenvalue weighted by Crippen LogP contribution is 2.30. The molecule has 0 aromatic heterocycles. The molecule has 1 saturated carbocycles. The first-order chi connectivity index (χ1) is 11.8. The van der Waals surface area contributed by atoms with Gasteiger partial charge in [-0.3, -0.25) is 9.79 Å². The third-order valence-electron chi connectivity index (χ3n) is 4.25. The van der Waals surface area contributed by atoms with Crippen molar-refractivity contribution < 1.29 is 9.18 Å². The molecule has 0 bridgehead atoms. The van der Waals surface area contributed by atoms with E-state index in [1.807, 2.05) is 13.8 Å². The molecule has 1 amide bonds. The van der Waals surface area contributed by atoms with Gasteiger partial charge in [0.1, 0.15) is 5.82 Å². The number of hydrogen-bond donors (Lipinski definition) is 3. The minimum atomic E-state index is -0.344.